The van der Waals surface area contributed by atoms with E-state index < -0.39 is 0 Å². The molecule has 1 saturated heterocycles. The highest BCUT2D eigenvalue weighted by atomic mass is 15.0. The topological polar surface area (TPSA) is 12.0 Å². The molecular weight excluding hydrogens is 170 g/mol. The lowest BCUT2D eigenvalue weighted by atomic mass is 9.69. The van der Waals surface area contributed by atoms with Crippen LogP contribution in [-0.4, -0.2) is 12.1 Å². The lowest BCUT2D eigenvalue weighted by Gasteiger charge is -2.47. The smallest absolute Gasteiger partial charge is 0.00981 e. The Kier molecular flexibility index (Phi) is 2.53. The van der Waals surface area contributed by atoms with Gasteiger partial charge in [0.25, 0.3) is 0 Å². The average molecular weight is 193 g/mol. The van der Waals surface area contributed by atoms with Gasteiger partial charge in [0.2, 0.25) is 0 Å². The number of hydrogen-bond acceptors (Lipinski definition) is 1. The van der Waals surface area contributed by atoms with Gasteiger partial charge in [-0.3, -0.25) is 0 Å². The summed E-state index contributed by atoms with van der Waals surface area (Å²) >= 11 is 0. The normalized spacial score (nSPS) is 48.0. The third-order valence-electron chi connectivity index (χ3n) is 4.85. The molecule has 0 aromatic carbocycles. The van der Waals surface area contributed by atoms with Crippen LogP contribution in [-0.2, 0) is 0 Å². The van der Waals surface area contributed by atoms with Gasteiger partial charge in [-0.1, -0.05) is 25.7 Å². The maximum atomic E-state index is 3.96. The van der Waals surface area contributed by atoms with Gasteiger partial charge < -0.3 is 5.32 Å². The summed E-state index contributed by atoms with van der Waals surface area (Å²) < 4.78 is 0. The first-order valence-electron chi connectivity index (χ1n) is 6.69. The summed E-state index contributed by atoms with van der Waals surface area (Å²) in [4.78, 5) is 0. The first kappa shape index (κ1) is 9.21. The summed E-state index contributed by atoms with van der Waals surface area (Å²) in [6, 6.07) is 1.81. The molecule has 1 heteroatoms. The van der Waals surface area contributed by atoms with Crippen LogP contribution in [0.4, 0.5) is 0 Å². The first-order chi connectivity index (χ1) is 6.93. The molecule has 0 aromatic rings. The average Bonchev–Trinajstić information content (AvgIpc) is 2.26. The fraction of sp³-hybridized carbons (Fsp3) is 1.00. The molecule has 0 amide bonds. The molecule has 1 nitrogen and oxygen atoms in total. The van der Waals surface area contributed by atoms with Crippen LogP contribution in [0.3, 0.4) is 0 Å². The quantitative estimate of drug-likeness (QED) is 0.623. The van der Waals surface area contributed by atoms with Crippen molar-refractivity contribution in [2.24, 2.45) is 11.8 Å². The molecule has 0 aromatic heterocycles. The fourth-order valence-electron chi connectivity index (χ4n) is 4.08. The Morgan fingerprint density at radius 3 is 1.71 bits per heavy atom. The van der Waals surface area contributed by atoms with E-state index in [-0.39, 0.29) is 0 Å². The Labute approximate surface area is 87.7 Å². The highest BCUT2D eigenvalue weighted by Gasteiger charge is 2.38. The van der Waals surface area contributed by atoms with Gasteiger partial charge in [-0.2, -0.15) is 0 Å². The van der Waals surface area contributed by atoms with Crippen molar-refractivity contribution in [2.45, 2.75) is 69.9 Å². The number of piperidine rings is 1. The highest BCUT2D eigenvalue weighted by Crippen LogP contribution is 2.40. The monoisotopic (exact) mass is 193 g/mol. The van der Waals surface area contributed by atoms with E-state index in [1.807, 2.05) is 0 Å². The van der Waals surface area contributed by atoms with Crippen molar-refractivity contribution in [3.05, 3.63) is 0 Å². The molecule has 80 valence electrons. The Hall–Kier alpha value is -0.0400. The third-order valence-corrected chi connectivity index (χ3v) is 4.85. The van der Waals surface area contributed by atoms with E-state index in [1.165, 1.54) is 51.4 Å². The van der Waals surface area contributed by atoms with Crippen molar-refractivity contribution in [3.63, 3.8) is 0 Å². The molecule has 1 N–H and O–H groups in total. The maximum absolute atomic E-state index is 3.96. The first-order valence-corrected chi connectivity index (χ1v) is 6.69. The molecule has 1 heterocycles. The Morgan fingerprint density at radius 2 is 1.14 bits per heavy atom. The molecule has 0 radical (unpaired) electrons. The van der Waals surface area contributed by atoms with Crippen molar-refractivity contribution >= 4 is 0 Å². The predicted octanol–water partition coefficient (Wildman–Crippen LogP) is 3.10. The van der Waals surface area contributed by atoms with E-state index >= 15 is 0 Å². The van der Waals surface area contributed by atoms with Crippen molar-refractivity contribution < 1.29 is 0 Å². The fourth-order valence-corrected chi connectivity index (χ4v) is 4.08. The summed E-state index contributed by atoms with van der Waals surface area (Å²) in [6.45, 7) is 0. The molecular formula is C13H23N. The molecule has 0 spiro atoms. The van der Waals surface area contributed by atoms with Gasteiger partial charge in [0.15, 0.2) is 0 Å². The lowest BCUT2D eigenvalue weighted by Crippen LogP contribution is -2.54. The van der Waals surface area contributed by atoms with Crippen LogP contribution in [0.15, 0.2) is 0 Å². The number of nitrogens with one attached hydrogen (secondary N) is 1. The molecule has 0 bridgehead atoms. The highest BCUT2D eigenvalue weighted by molar-refractivity contribution is 4.95. The van der Waals surface area contributed by atoms with Gasteiger partial charge in [0.05, 0.1) is 0 Å². The molecule has 0 unspecified atom stereocenters. The van der Waals surface area contributed by atoms with E-state index in [1.54, 1.807) is 6.42 Å². The predicted molar refractivity (Wildman–Crippen MR) is 59.2 cm³/mol. The van der Waals surface area contributed by atoms with Gasteiger partial charge in [0, 0.05) is 12.1 Å². The van der Waals surface area contributed by atoms with Crippen LogP contribution in [0.2, 0.25) is 0 Å². The molecule has 1 aliphatic heterocycles. The van der Waals surface area contributed by atoms with Crippen molar-refractivity contribution in [3.8, 4) is 0 Å². The Morgan fingerprint density at radius 1 is 0.643 bits per heavy atom. The summed E-state index contributed by atoms with van der Waals surface area (Å²) in [5.41, 5.74) is 0. The molecule has 3 fully saturated rings. The number of fused-ring (bicyclic) bond motifs is 2. The molecule has 3 rings (SSSR count). The summed E-state index contributed by atoms with van der Waals surface area (Å²) in [5.74, 6) is 2.09. The summed E-state index contributed by atoms with van der Waals surface area (Å²) in [5, 5.41) is 3.96. The van der Waals surface area contributed by atoms with E-state index in [9.17, 15) is 0 Å². The van der Waals surface area contributed by atoms with Crippen molar-refractivity contribution in [1.29, 1.82) is 0 Å². The second kappa shape index (κ2) is 3.84. The van der Waals surface area contributed by atoms with Crippen LogP contribution in [0.25, 0.3) is 0 Å². The Bertz CT molecular complexity index is 159. The minimum absolute atomic E-state index is 0.906. The summed E-state index contributed by atoms with van der Waals surface area (Å²) in [6.07, 6.45) is 13.5. The third kappa shape index (κ3) is 1.60. The molecule has 2 aliphatic carbocycles. The van der Waals surface area contributed by atoms with Gasteiger partial charge in [-0.25, -0.2) is 0 Å². The zero-order chi connectivity index (χ0) is 9.38. The van der Waals surface area contributed by atoms with Crippen LogP contribution >= 0.6 is 0 Å². The molecule has 3 aliphatic rings. The summed E-state index contributed by atoms with van der Waals surface area (Å²) in [7, 11) is 0. The molecule has 2 saturated carbocycles. The maximum Gasteiger partial charge on any atom is 0.00981 e. The second-order valence-electron chi connectivity index (χ2n) is 5.70. The van der Waals surface area contributed by atoms with Crippen molar-refractivity contribution in [1.82, 2.24) is 5.32 Å². The second-order valence-corrected chi connectivity index (χ2v) is 5.70. The SMILES string of the molecule is C1CC[C@H]2N[C@@H]3CCCC[C@H]3C[C@H]2C1. The van der Waals surface area contributed by atoms with Crippen LogP contribution in [0.1, 0.15) is 57.8 Å². The van der Waals surface area contributed by atoms with Gasteiger partial charge in [0.1, 0.15) is 0 Å². The molecule has 4 atom stereocenters. The minimum Gasteiger partial charge on any atom is -0.311 e. The van der Waals surface area contributed by atoms with Gasteiger partial charge in [-0.15, -0.1) is 0 Å². The van der Waals surface area contributed by atoms with E-state index in [4.69, 9.17) is 0 Å². The van der Waals surface area contributed by atoms with Crippen LogP contribution in [0, 0.1) is 11.8 Å². The zero-order valence-electron chi connectivity index (χ0n) is 9.17. The van der Waals surface area contributed by atoms with Crippen LogP contribution in [0.5, 0.6) is 0 Å². The number of rotatable bonds is 0. The zero-order valence-corrected chi connectivity index (χ0v) is 9.17. The van der Waals surface area contributed by atoms with E-state index in [2.05, 4.69) is 5.32 Å². The van der Waals surface area contributed by atoms with Crippen LogP contribution < -0.4 is 5.32 Å². The standard InChI is InChI=1S/C13H23N/c1-3-7-12-10(5-1)9-11-6-2-4-8-13(11)14-12/h10-14H,1-9H2/t10-,11+,12-,13-/m1/s1. The molecule has 14 heavy (non-hydrogen) atoms. The van der Waals surface area contributed by atoms with E-state index in [0.29, 0.717) is 0 Å². The van der Waals surface area contributed by atoms with Gasteiger partial charge in [-0.05, 0) is 43.9 Å². The van der Waals surface area contributed by atoms with Crippen molar-refractivity contribution in [2.75, 3.05) is 0 Å². The van der Waals surface area contributed by atoms with E-state index in [0.717, 1.165) is 23.9 Å². The largest absolute Gasteiger partial charge is 0.311 e. The minimum atomic E-state index is 0.906. The van der Waals surface area contributed by atoms with Gasteiger partial charge >= 0.3 is 0 Å². The number of hydrogen-bond donors (Lipinski definition) is 1. The lowest BCUT2D eigenvalue weighted by molar-refractivity contribution is 0.0955. The Balaban J connectivity index is 1.68.